The van der Waals surface area contributed by atoms with E-state index in [4.69, 9.17) is 14.6 Å². The number of methoxy groups -OCH3 is 1. The van der Waals surface area contributed by atoms with E-state index in [1.54, 1.807) is 36.4 Å². The Labute approximate surface area is 213 Å². The van der Waals surface area contributed by atoms with E-state index in [-0.39, 0.29) is 43.5 Å². The maximum absolute atomic E-state index is 14.3. The summed E-state index contributed by atoms with van der Waals surface area (Å²) >= 11 is 0. The molecule has 0 radical (unpaired) electrons. The standard InChI is InChI=1S/C25H28F4N2O4.ClH/c1-34-21-6-7-22(26)23(12-21)30-9-8-16(13-30)15-35-20-4-2-18(3-5-20)31-14-17(25(27,28)29)10-19(31)11-24(32)33;/h2-7,12,16-17,19H,8-11,13-15H2,1H3,(H,32,33);1H/t16-,17-,19-;/m1./s1. The molecule has 2 aliphatic rings. The molecule has 36 heavy (non-hydrogen) atoms. The first kappa shape index (κ1) is 27.7. The van der Waals surface area contributed by atoms with E-state index in [0.717, 1.165) is 6.42 Å². The van der Waals surface area contributed by atoms with Gasteiger partial charge in [-0.25, -0.2) is 4.39 Å². The van der Waals surface area contributed by atoms with Gasteiger partial charge in [-0.1, -0.05) is 0 Å². The predicted molar refractivity (Wildman–Crippen MR) is 130 cm³/mol. The highest BCUT2D eigenvalue weighted by Gasteiger charge is 2.47. The zero-order valence-electron chi connectivity index (χ0n) is 19.7. The fraction of sp³-hybridized carbons (Fsp3) is 0.480. The van der Waals surface area contributed by atoms with Gasteiger partial charge in [-0.3, -0.25) is 4.79 Å². The highest BCUT2D eigenvalue weighted by Crippen LogP contribution is 2.40. The van der Waals surface area contributed by atoms with Crippen molar-refractivity contribution in [1.29, 1.82) is 0 Å². The third-order valence-electron chi connectivity index (χ3n) is 6.72. The summed E-state index contributed by atoms with van der Waals surface area (Å²) in [5.74, 6) is -1.64. The number of anilines is 2. The van der Waals surface area contributed by atoms with Crippen molar-refractivity contribution < 1.29 is 36.9 Å². The van der Waals surface area contributed by atoms with Crippen molar-refractivity contribution in [2.45, 2.75) is 31.5 Å². The lowest BCUT2D eigenvalue weighted by molar-refractivity contribution is -0.169. The van der Waals surface area contributed by atoms with Gasteiger partial charge in [0, 0.05) is 43.3 Å². The summed E-state index contributed by atoms with van der Waals surface area (Å²) in [6.45, 7) is 1.48. The lowest BCUT2D eigenvalue weighted by Crippen LogP contribution is -2.32. The number of ether oxygens (including phenoxy) is 2. The van der Waals surface area contributed by atoms with E-state index >= 15 is 0 Å². The van der Waals surface area contributed by atoms with Crippen molar-refractivity contribution in [3.05, 3.63) is 48.3 Å². The number of carboxylic acids is 1. The fourth-order valence-corrected chi connectivity index (χ4v) is 4.86. The molecule has 2 fully saturated rings. The monoisotopic (exact) mass is 532 g/mol. The first-order valence-electron chi connectivity index (χ1n) is 11.5. The Morgan fingerprint density at radius 1 is 1.11 bits per heavy atom. The van der Waals surface area contributed by atoms with Crippen LogP contribution in [0.1, 0.15) is 19.3 Å². The number of carboxylic acid groups (broad SMARTS) is 1. The number of aliphatic carboxylic acids is 1. The van der Waals surface area contributed by atoms with Crippen LogP contribution in [0.4, 0.5) is 28.9 Å². The van der Waals surface area contributed by atoms with E-state index < -0.39 is 24.1 Å². The van der Waals surface area contributed by atoms with Crippen molar-refractivity contribution in [3.8, 4) is 11.5 Å². The normalized spacial score (nSPS) is 21.9. The number of alkyl halides is 3. The van der Waals surface area contributed by atoms with Crippen LogP contribution in [0.25, 0.3) is 0 Å². The molecule has 2 saturated heterocycles. The van der Waals surface area contributed by atoms with E-state index in [1.165, 1.54) is 18.1 Å². The molecule has 3 atom stereocenters. The largest absolute Gasteiger partial charge is 0.497 e. The van der Waals surface area contributed by atoms with E-state index in [9.17, 15) is 22.4 Å². The number of nitrogens with zero attached hydrogens (tertiary/aromatic N) is 2. The van der Waals surface area contributed by atoms with Gasteiger partial charge in [0.2, 0.25) is 0 Å². The number of rotatable bonds is 8. The molecular formula is C25H29ClF4N2O4. The summed E-state index contributed by atoms with van der Waals surface area (Å²) in [6, 6.07) is 10.6. The smallest absolute Gasteiger partial charge is 0.393 e. The summed E-state index contributed by atoms with van der Waals surface area (Å²) in [4.78, 5) is 14.6. The molecule has 11 heteroatoms. The molecule has 0 spiro atoms. The Hall–Kier alpha value is -2.88. The first-order chi connectivity index (χ1) is 16.6. The Kier molecular flexibility index (Phi) is 8.81. The minimum Gasteiger partial charge on any atom is -0.497 e. The number of benzene rings is 2. The van der Waals surface area contributed by atoms with Crippen LogP contribution in [-0.2, 0) is 4.79 Å². The lowest BCUT2D eigenvalue weighted by atomic mass is 10.0. The van der Waals surface area contributed by atoms with Crippen LogP contribution < -0.4 is 19.3 Å². The fourth-order valence-electron chi connectivity index (χ4n) is 4.86. The van der Waals surface area contributed by atoms with Crippen LogP contribution in [0.15, 0.2) is 42.5 Å². The minimum atomic E-state index is -4.36. The Balaban J connectivity index is 0.00000361. The molecule has 0 aromatic heterocycles. The van der Waals surface area contributed by atoms with Crippen LogP contribution in [-0.4, -0.2) is 56.6 Å². The van der Waals surface area contributed by atoms with Crippen LogP contribution in [0.3, 0.4) is 0 Å². The number of hydrogen-bond donors (Lipinski definition) is 1. The molecule has 4 rings (SSSR count). The summed E-state index contributed by atoms with van der Waals surface area (Å²) < 4.78 is 65.1. The van der Waals surface area contributed by atoms with Crippen LogP contribution >= 0.6 is 12.4 Å². The van der Waals surface area contributed by atoms with E-state index in [1.807, 2.05) is 4.90 Å². The number of hydrogen-bond acceptors (Lipinski definition) is 5. The van der Waals surface area contributed by atoms with Crippen molar-refractivity contribution >= 4 is 29.8 Å². The maximum atomic E-state index is 14.3. The average molecular weight is 533 g/mol. The molecule has 1 N–H and O–H groups in total. The zero-order valence-corrected chi connectivity index (χ0v) is 20.5. The Bertz CT molecular complexity index is 1040. The predicted octanol–water partition coefficient (Wildman–Crippen LogP) is 5.39. The second kappa shape index (κ2) is 11.5. The SMILES string of the molecule is COc1ccc(F)c(N2CC[C@@H](COc3ccc(N4C[C@H](C(F)(F)F)C[C@@H]4CC(=O)O)cc3)C2)c1.Cl. The highest BCUT2D eigenvalue weighted by molar-refractivity contribution is 5.85. The van der Waals surface area contributed by atoms with Gasteiger partial charge in [0.25, 0.3) is 0 Å². The summed E-state index contributed by atoms with van der Waals surface area (Å²) in [5, 5.41) is 9.12. The van der Waals surface area contributed by atoms with Gasteiger partial charge >= 0.3 is 12.1 Å². The van der Waals surface area contributed by atoms with Gasteiger partial charge < -0.3 is 24.4 Å². The molecule has 0 aliphatic carbocycles. The zero-order chi connectivity index (χ0) is 25.2. The number of halogens is 5. The first-order valence-corrected chi connectivity index (χ1v) is 11.5. The second-order valence-electron chi connectivity index (χ2n) is 9.10. The molecule has 0 unspecified atom stereocenters. The van der Waals surface area contributed by atoms with Gasteiger partial charge in [-0.05, 0) is 49.2 Å². The van der Waals surface area contributed by atoms with Crippen molar-refractivity contribution in [2.75, 3.05) is 43.2 Å². The van der Waals surface area contributed by atoms with E-state index in [0.29, 0.717) is 42.6 Å². The highest BCUT2D eigenvalue weighted by atomic mass is 35.5. The van der Waals surface area contributed by atoms with Crippen LogP contribution in [0.5, 0.6) is 11.5 Å². The Morgan fingerprint density at radius 2 is 1.81 bits per heavy atom. The van der Waals surface area contributed by atoms with E-state index in [2.05, 4.69) is 0 Å². The van der Waals surface area contributed by atoms with Gasteiger partial charge in [0.05, 0.1) is 31.7 Å². The lowest BCUT2D eigenvalue weighted by Gasteiger charge is -2.26. The minimum absolute atomic E-state index is 0. The quantitative estimate of drug-likeness (QED) is 0.460. The van der Waals surface area contributed by atoms with Gasteiger partial charge in [0.1, 0.15) is 17.3 Å². The van der Waals surface area contributed by atoms with Gasteiger partial charge in [-0.2, -0.15) is 13.2 Å². The second-order valence-corrected chi connectivity index (χ2v) is 9.10. The molecule has 0 saturated carbocycles. The topological polar surface area (TPSA) is 62.2 Å². The summed E-state index contributed by atoms with van der Waals surface area (Å²) in [7, 11) is 1.54. The van der Waals surface area contributed by atoms with Crippen molar-refractivity contribution in [2.24, 2.45) is 11.8 Å². The van der Waals surface area contributed by atoms with Crippen LogP contribution in [0.2, 0.25) is 0 Å². The van der Waals surface area contributed by atoms with Crippen molar-refractivity contribution in [3.63, 3.8) is 0 Å². The third kappa shape index (κ3) is 6.46. The average Bonchev–Trinajstić information content (AvgIpc) is 3.45. The van der Waals surface area contributed by atoms with Crippen LogP contribution in [0, 0.1) is 17.7 Å². The van der Waals surface area contributed by atoms with Gasteiger partial charge in [0.15, 0.2) is 0 Å². The van der Waals surface area contributed by atoms with Crippen molar-refractivity contribution in [1.82, 2.24) is 0 Å². The molecule has 2 heterocycles. The molecule has 198 valence electrons. The molecule has 6 nitrogen and oxygen atoms in total. The van der Waals surface area contributed by atoms with Gasteiger partial charge in [-0.15, -0.1) is 12.4 Å². The molecule has 0 bridgehead atoms. The molecular weight excluding hydrogens is 504 g/mol. The molecule has 0 amide bonds. The number of carbonyl (C=O) groups is 1. The summed E-state index contributed by atoms with van der Waals surface area (Å²) in [5.41, 5.74) is 1.03. The Morgan fingerprint density at radius 3 is 2.44 bits per heavy atom. The molecule has 2 aliphatic heterocycles. The molecule has 2 aromatic carbocycles. The molecule has 2 aromatic rings. The summed E-state index contributed by atoms with van der Waals surface area (Å²) in [6.07, 6.45) is -4.12. The maximum Gasteiger partial charge on any atom is 0.393 e. The third-order valence-corrected chi connectivity index (χ3v) is 6.72.